The summed E-state index contributed by atoms with van der Waals surface area (Å²) in [6.45, 7) is 0. The molecular formula is C11H12BrN3. The van der Waals surface area contributed by atoms with Crippen molar-refractivity contribution in [2.75, 3.05) is 0 Å². The zero-order valence-corrected chi connectivity index (χ0v) is 9.94. The van der Waals surface area contributed by atoms with Gasteiger partial charge in [0.25, 0.3) is 0 Å². The molecule has 78 valence electrons. The maximum atomic E-state index is 4.57. The molecule has 0 spiro atoms. The third kappa shape index (κ3) is 1.67. The van der Waals surface area contributed by atoms with Gasteiger partial charge in [-0.15, -0.1) is 0 Å². The molecule has 3 rings (SSSR count). The van der Waals surface area contributed by atoms with E-state index in [2.05, 4.69) is 32.1 Å². The van der Waals surface area contributed by atoms with E-state index < -0.39 is 0 Å². The van der Waals surface area contributed by atoms with Gasteiger partial charge in [-0.05, 0) is 28.8 Å². The van der Waals surface area contributed by atoms with Crippen LogP contribution in [-0.4, -0.2) is 14.4 Å². The molecule has 4 heteroatoms. The van der Waals surface area contributed by atoms with Crippen molar-refractivity contribution in [2.45, 2.75) is 31.6 Å². The lowest BCUT2D eigenvalue weighted by molar-refractivity contribution is 0.703. The van der Waals surface area contributed by atoms with Crippen LogP contribution in [0.1, 0.15) is 37.3 Å². The molecule has 1 aliphatic carbocycles. The van der Waals surface area contributed by atoms with Crippen LogP contribution in [0.15, 0.2) is 23.1 Å². The molecule has 0 aliphatic heterocycles. The second kappa shape index (κ2) is 3.59. The zero-order valence-electron chi connectivity index (χ0n) is 8.36. The quantitative estimate of drug-likeness (QED) is 0.793. The molecule has 0 saturated heterocycles. The highest BCUT2D eigenvalue weighted by atomic mass is 79.9. The van der Waals surface area contributed by atoms with E-state index in [0.717, 1.165) is 10.3 Å². The number of fused-ring (bicyclic) bond motifs is 1. The second-order valence-electron chi connectivity index (χ2n) is 4.13. The van der Waals surface area contributed by atoms with Crippen LogP contribution in [0, 0.1) is 0 Å². The lowest BCUT2D eigenvalue weighted by Crippen LogP contribution is -1.91. The van der Waals surface area contributed by atoms with Gasteiger partial charge in [-0.2, -0.15) is 0 Å². The minimum atomic E-state index is 0.658. The van der Waals surface area contributed by atoms with E-state index in [9.17, 15) is 0 Å². The third-order valence-corrected chi connectivity index (χ3v) is 3.48. The van der Waals surface area contributed by atoms with Crippen LogP contribution in [0.4, 0.5) is 0 Å². The maximum absolute atomic E-state index is 4.57. The average molecular weight is 266 g/mol. The molecule has 2 aromatic heterocycles. The van der Waals surface area contributed by atoms with Gasteiger partial charge in [0.1, 0.15) is 0 Å². The fraction of sp³-hybridized carbons (Fsp3) is 0.455. The topological polar surface area (TPSA) is 30.2 Å². The smallest absolute Gasteiger partial charge is 0.233 e. The van der Waals surface area contributed by atoms with Gasteiger partial charge >= 0.3 is 0 Å². The van der Waals surface area contributed by atoms with Crippen LogP contribution in [0.2, 0.25) is 0 Å². The Morgan fingerprint density at radius 2 is 2.07 bits per heavy atom. The molecule has 1 aliphatic rings. The predicted molar refractivity (Wildman–Crippen MR) is 61.9 cm³/mol. The maximum Gasteiger partial charge on any atom is 0.233 e. The summed E-state index contributed by atoms with van der Waals surface area (Å²) < 4.78 is 2.99. The third-order valence-electron chi connectivity index (χ3n) is 3.07. The Labute approximate surface area is 96.7 Å². The van der Waals surface area contributed by atoms with E-state index in [4.69, 9.17) is 0 Å². The molecule has 15 heavy (non-hydrogen) atoms. The minimum Gasteiger partial charge on any atom is -0.290 e. The Bertz CT molecular complexity index is 486. The normalized spacial score (nSPS) is 17.7. The highest BCUT2D eigenvalue weighted by Crippen LogP contribution is 2.33. The minimum absolute atomic E-state index is 0.658. The summed E-state index contributed by atoms with van der Waals surface area (Å²) in [5.74, 6) is 1.46. The Morgan fingerprint density at radius 1 is 1.27 bits per heavy atom. The Morgan fingerprint density at radius 3 is 2.87 bits per heavy atom. The average Bonchev–Trinajstić information content (AvgIpc) is 2.84. The van der Waals surface area contributed by atoms with Gasteiger partial charge in [0.2, 0.25) is 5.78 Å². The summed E-state index contributed by atoms with van der Waals surface area (Å²) in [7, 11) is 0. The van der Waals surface area contributed by atoms with Gasteiger partial charge < -0.3 is 0 Å². The fourth-order valence-electron chi connectivity index (χ4n) is 2.30. The van der Waals surface area contributed by atoms with Gasteiger partial charge in [-0.3, -0.25) is 4.40 Å². The first-order chi connectivity index (χ1) is 7.33. The van der Waals surface area contributed by atoms with Crippen molar-refractivity contribution in [2.24, 2.45) is 0 Å². The molecule has 1 saturated carbocycles. The molecule has 0 bridgehead atoms. The number of imidazole rings is 1. The largest absolute Gasteiger partial charge is 0.290 e. The van der Waals surface area contributed by atoms with E-state index >= 15 is 0 Å². The van der Waals surface area contributed by atoms with Gasteiger partial charge in [0.05, 0.1) is 10.2 Å². The molecular weight excluding hydrogens is 254 g/mol. The van der Waals surface area contributed by atoms with Crippen molar-refractivity contribution >= 4 is 21.7 Å². The fourth-order valence-corrected chi connectivity index (χ4v) is 2.62. The molecule has 0 atom stereocenters. The lowest BCUT2D eigenvalue weighted by Gasteiger charge is -2.01. The molecule has 0 radical (unpaired) electrons. The summed E-state index contributed by atoms with van der Waals surface area (Å²) in [6.07, 6.45) is 11.2. The molecule has 1 fully saturated rings. The van der Waals surface area contributed by atoms with Crippen molar-refractivity contribution < 1.29 is 0 Å². The molecule has 0 amide bonds. The highest BCUT2D eigenvalue weighted by Gasteiger charge is 2.19. The summed E-state index contributed by atoms with van der Waals surface area (Å²) in [5, 5.41) is 0. The number of halogens is 1. The van der Waals surface area contributed by atoms with E-state index in [0.29, 0.717) is 5.92 Å². The standard InChI is InChI=1S/C11H12BrN3/c12-9-5-13-11-14-10(7-15(11)6-9)8-3-1-2-4-8/h5-8H,1-4H2. The summed E-state index contributed by atoms with van der Waals surface area (Å²) in [4.78, 5) is 8.84. The van der Waals surface area contributed by atoms with Gasteiger partial charge in [0, 0.05) is 24.5 Å². The van der Waals surface area contributed by atoms with Crippen molar-refractivity contribution in [1.82, 2.24) is 14.4 Å². The number of rotatable bonds is 1. The summed E-state index contributed by atoms with van der Waals surface area (Å²) in [6, 6.07) is 0. The Balaban J connectivity index is 2.05. The van der Waals surface area contributed by atoms with E-state index in [-0.39, 0.29) is 0 Å². The van der Waals surface area contributed by atoms with Gasteiger partial charge in [0.15, 0.2) is 0 Å². The van der Waals surface area contributed by atoms with Gasteiger partial charge in [-0.1, -0.05) is 12.8 Å². The van der Waals surface area contributed by atoms with Crippen LogP contribution < -0.4 is 0 Å². The van der Waals surface area contributed by atoms with Crippen molar-refractivity contribution in [3.05, 3.63) is 28.8 Å². The molecule has 2 heterocycles. The monoisotopic (exact) mass is 265 g/mol. The Hall–Kier alpha value is -0.900. The first kappa shape index (κ1) is 9.33. The summed E-state index contributed by atoms with van der Waals surface area (Å²) in [5.41, 5.74) is 1.21. The summed E-state index contributed by atoms with van der Waals surface area (Å²) >= 11 is 3.41. The first-order valence-electron chi connectivity index (χ1n) is 5.33. The van der Waals surface area contributed by atoms with Crippen LogP contribution in [0.5, 0.6) is 0 Å². The molecule has 2 aromatic rings. The number of hydrogen-bond acceptors (Lipinski definition) is 2. The Kier molecular flexibility index (Phi) is 2.24. The molecule has 0 N–H and O–H groups in total. The zero-order chi connectivity index (χ0) is 10.3. The first-order valence-corrected chi connectivity index (χ1v) is 6.12. The van der Waals surface area contributed by atoms with Crippen molar-refractivity contribution in [3.8, 4) is 0 Å². The van der Waals surface area contributed by atoms with Crippen molar-refractivity contribution in [3.63, 3.8) is 0 Å². The van der Waals surface area contributed by atoms with Crippen LogP contribution >= 0.6 is 15.9 Å². The van der Waals surface area contributed by atoms with E-state index in [1.807, 2.05) is 10.6 Å². The lowest BCUT2D eigenvalue weighted by atomic mass is 10.1. The highest BCUT2D eigenvalue weighted by molar-refractivity contribution is 9.10. The molecule has 3 nitrogen and oxygen atoms in total. The van der Waals surface area contributed by atoms with E-state index in [1.165, 1.54) is 31.4 Å². The van der Waals surface area contributed by atoms with Crippen LogP contribution in [0.25, 0.3) is 5.78 Å². The molecule has 0 unspecified atom stereocenters. The number of aromatic nitrogens is 3. The number of nitrogens with zero attached hydrogens (tertiary/aromatic N) is 3. The SMILES string of the molecule is Brc1cnc2nc(C3CCCC3)cn2c1. The van der Waals surface area contributed by atoms with Crippen LogP contribution in [0.3, 0.4) is 0 Å². The van der Waals surface area contributed by atoms with Crippen LogP contribution in [-0.2, 0) is 0 Å². The number of hydrogen-bond donors (Lipinski definition) is 0. The van der Waals surface area contributed by atoms with Gasteiger partial charge in [-0.25, -0.2) is 9.97 Å². The molecule has 0 aromatic carbocycles. The predicted octanol–water partition coefficient (Wildman–Crippen LogP) is 3.15. The second-order valence-corrected chi connectivity index (χ2v) is 5.04. The van der Waals surface area contributed by atoms with Crippen molar-refractivity contribution in [1.29, 1.82) is 0 Å². The van der Waals surface area contributed by atoms with E-state index in [1.54, 1.807) is 6.20 Å².